The van der Waals surface area contributed by atoms with Gasteiger partial charge in [-0.3, -0.25) is 4.18 Å². The van der Waals surface area contributed by atoms with E-state index in [1.54, 1.807) is 13.8 Å². The molecule has 0 radical (unpaired) electrons. The lowest BCUT2D eigenvalue weighted by molar-refractivity contribution is 0.199. The molecule has 120 valence electrons. The Morgan fingerprint density at radius 3 is 1.59 bits per heavy atom. The highest BCUT2D eigenvalue weighted by Crippen LogP contribution is 2.17. The lowest BCUT2D eigenvalue weighted by Crippen LogP contribution is -2.07. The van der Waals surface area contributed by atoms with Gasteiger partial charge in [-0.1, -0.05) is 60.7 Å². The van der Waals surface area contributed by atoms with Crippen molar-refractivity contribution in [2.24, 2.45) is 0 Å². The molecule has 0 saturated carbocycles. The van der Waals surface area contributed by atoms with Gasteiger partial charge in [0.15, 0.2) is 0 Å². The van der Waals surface area contributed by atoms with Crippen LogP contribution in [0.25, 0.3) is 0 Å². The molecular weight excluding hydrogens is 300 g/mol. The van der Waals surface area contributed by atoms with Crippen molar-refractivity contribution >= 4 is 10.1 Å². The van der Waals surface area contributed by atoms with Gasteiger partial charge in [0.25, 0.3) is 10.1 Å². The van der Waals surface area contributed by atoms with Crippen LogP contribution < -0.4 is 0 Å². The van der Waals surface area contributed by atoms with E-state index in [0.29, 0.717) is 0 Å². The van der Waals surface area contributed by atoms with Crippen LogP contribution in [0.1, 0.15) is 37.2 Å². The van der Waals surface area contributed by atoms with Crippen LogP contribution in [0.5, 0.6) is 0 Å². The molecule has 2 aromatic rings. The SMILES string of the molecule is C[C@H](O)c1ccccc1.C[C@H](OS(C)(=O)=O)c1ccccc1. The molecule has 2 aromatic carbocycles. The maximum atomic E-state index is 10.8. The van der Waals surface area contributed by atoms with E-state index in [2.05, 4.69) is 0 Å². The molecule has 0 aliphatic rings. The van der Waals surface area contributed by atoms with E-state index in [9.17, 15) is 8.42 Å². The van der Waals surface area contributed by atoms with Crippen molar-refractivity contribution in [1.82, 2.24) is 0 Å². The number of hydrogen-bond acceptors (Lipinski definition) is 4. The Bertz CT molecular complexity index is 637. The summed E-state index contributed by atoms with van der Waals surface area (Å²) in [6.45, 7) is 3.46. The minimum absolute atomic E-state index is 0.341. The standard InChI is InChI=1S/C9H12O3S.C8H10O/c1-8(12-13(2,10)11)9-6-4-3-5-7-9;1-7(9)8-5-3-2-4-6-8/h3-8H,1-2H3;2-7,9H,1H3/t8-;7-/m00/s1. The first-order valence-corrected chi connectivity index (χ1v) is 8.77. The Morgan fingerprint density at radius 1 is 0.864 bits per heavy atom. The number of benzene rings is 2. The Kier molecular flexibility index (Phi) is 7.24. The zero-order valence-corrected chi connectivity index (χ0v) is 13.8. The van der Waals surface area contributed by atoms with E-state index >= 15 is 0 Å². The summed E-state index contributed by atoms with van der Waals surface area (Å²) in [7, 11) is -3.37. The van der Waals surface area contributed by atoms with Gasteiger partial charge in [-0.05, 0) is 25.0 Å². The third-order valence-electron chi connectivity index (χ3n) is 2.87. The molecule has 5 heteroatoms. The fraction of sp³-hybridized carbons (Fsp3) is 0.294. The van der Waals surface area contributed by atoms with Crippen LogP contribution >= 0.6 is 0 Å². The lowest BCUT2D eigenvalue weighted by Gasteiger charge is -2.10. The first-order valence-electron chi connectivity index (χ1n) is 6.96. The lowest BCUT2D eigenvalue weighted by atomic mass is 10.1. The topological polar surface area (TPSA) is 63.6 Å². The second kappa shape index (κ2) is 8.68. The van der Waals surface area contributed by atoms with E-state index in [4.69, 9.17) is 9.29 Å². The van der Waals surface area contributed by atoms with Crippen LogP contribution in [-0.4, -0.2) is 19.8 Å². The first-order chi connectivity index (χ1) is 10.3. The maximum Gasteiger partial charge on any atom is 0.264 e. The number of hydrogen-bond donors (Lipinski definition) is 1. The molecule has 2 atom stereocenters. The largest absolute Gasteiger partial charge is 0.389 e. The van der Waals surface area contributed by atoms with Crippen molar-refractivity contribution < 1.29 is 17.7 Å². The molecule has 0 aliphatic heterocycles. The summed E-state index contributed by atoms with van der Waals surface area (Å²) in [5.74, 6) is 0. The molecule has 2 rings (SSSR count). The highest BCUT2D eigenvalue weighted by molar-refractivity contribution is 7.86. The second-order valence-electron chi connectivity index (χ2n) is 4.94. The molecule has 0 amide bonds. The molecule has 0 unspecified atom stereocenters. The van der Waals surface area contributed by atoms with Gasteiger partial charge in [0.05, 0.1) is 18.5 Å². The van der Waals surface area contributed by atoms with Crippen LogP contribution in [0.15, 0.2) is 60.7 Å². The quantitative estimate of drug-likeness (QED) is 0.876. The Morgan fingerprint density at radius 2 is 1.27 bits per heavy atom. The van der Waals surface area contributed by atoms with Crippen molar-refractivity contribution in [2.45, 2.75) is 26.1 Å². The number of aliphatic hydroxyl groups excluding tert-OH is 1. The molecule has 22 heavy (non-hydrogen) atoms. The zero-order chi connectivity index (χ0) is 16.6. The molecular formula is C17H22O4S. The predicted molar refractivity (Wildman–Crippen MR) is 87.9 cm³/mol. The van der Waals surface area contributed by atoms with Gasteiger partial charge in [0, 0.05) is 0 Å². The summed E-state index contributed by atoms with van der Waals surface area (Å²) in [5, 5.41) is 9.02. The average Bonchev–Trinajstić information content (AvgIpc) is 2.48. The summed E-state index contributed by atoms with van der Waals surface area (Å²) in [4.78, 5) is 0. The highest BCUT2D eigenvalue weighted by Gasteiger charge is 2.11. The second-order valence-corrected chi connectivity index (χ2v) is 6.54. The monoisotopic (exact) mass is 322 g/mol. The van der Waals surface area contributed by atoms with E-state index in [1.807, 2.05) is 60.7 Å². The molecule has 0 aromatic heterocycles. The Balaban J connectivity index is 0.000000235. The molecule has 0 aliphatic carbocycles. The van der Waals surface area contributed by atoms with Gasteiger partial charge < -0.3 is 5.11 Å². The van der Waals surface area contributed by atoms with Gasteiger partial charge in [-0.15, -0.1) is 0 Å². The fourth-order valence-electron chi connectivity index (χ4n) is 1.77. The van der Waals surface area contributed by atoms with Crippen molar-refractivity contribution in [3.8, 4) is 0 Å². The maximum absolute atomic E-state index is 10.8. The van der Waals surface area contributed by atoms with Crippen molar-refractivity contribution in [1.29, 1.82) is 0 Å². The van der Waals surface area contributed by atoms with E-state index in [1.165, 1.54) is 0 Å². The Hall–Kier alpha value is -1.69. The van der Waals surface area contributed by atoms with Gasteiger partial charge in [-0.25, -0.2) is 0 Å². The molecule has 0 heterocycles. The molecule has 4 nitrogen and oxygen atoms in total. The van der Waals surface area contributed by atoms with Gasteiger partial charge in [0.2, 0.25) is 0 Å². The molecule has 0 fully saturated rings. The minimum Gasteiger partial charge on any atom is -0.389 e. The fourth-order valence-corrected chi connectivity index (χ4v) is 2.41. The highest BCUT2D eigenvalue weighted by atomic mass is 32.2. The molecule has 0 saturated heterocycles. The van der Waals surface area contributed by atoms with Crippen molar-refractivity contribution in [3.63, 3.8) is 0 Å². The average molecular weight is 322 g/mol. The van der Waals surface area contributed by atoms with Gasteiger partial charge in [-0.2, -0.15) is 8.42 Å². The predicted octanol–water partition coefficient (Wildman–Crippen LogP) is 3.46. The van der Waals surface area contributed by atoms with Crippen molar-refractivity contribution in [2.75, 3.05) is 6.26 Å². The third kappa shape index (κ3) is 7.36. The molecule has 0 spiro atoms. The van der Waals surface area contributed by atoms with Crippen LogP contribution in [0.2, 0.25) is 0 Å². The van der Waals surface area contributed by atoms with Crippen LogP contribution in [-0.2, 0) is 14.3 Å². The minimum atomic E-state index is -3.37. The summed E-state index contributed by atoms with van der Waals surface area (Å²) >= 11 is 0. The number of rotatable bonds is 4. The normalized spacial score (nSPS) is 13.6. The molecule has 0 bridgehead atoms. The van der Waals surface area contributed by atoms with E-state index in [0.717, 1.165) is 17.4 Å². The zero-order valence-electron chi connectivity index (χ0n) is 13.0. The van der Waals surface area contributed by atoms with E-state index < -0.39 is 16.2 Å². The van der Waals surface area contributed by atoms with Crippen molar-refractivity contribution in [3.05, 3.63) is 71.8 Å². The third-order valence-corrected chi connectivity index (χ3v) is 3.51. The smallest absolute Gasteiger partial charge is 0.264 e. The Labute approximate surface area is 132 Å². The number of aliphatic hydroxyl groups is 1. The van der Waals surface area contributed by atoms with Crippen LogP contribution in [0, 0.1) is 0 Å². The van der Waals surface area contributed by atoms with E-state index in [-0.39, 0.29) is 6.10 Å². The summed E-state index contributed by atoms with van der Waals surface area (Å²) in [6.07, 6.45) is 0.286. The molecule has 1 N–H and O–H groups in total. The first kappa shape index (κ1) is 18.4. The summed E-state index contributed by atoms with van der Waals surface area (Å²) < 4.78 is 26.4. The van der Waals surface area contributed by atoms with Gasteiger partial charge >= 0.3 is 0 Å². The van der Waals surface area contributed by atoms with Crippen LogP contribution in [0.3, 0.4) is 0 Å². The summed E-state index contributed by atoms with van der Waals surface area (Å²) in [5.41, 5.74) is 1.82. The summed E-state index contributed by atoms with van der Waals surface area (Å²) in [6, 6.07) is 18.8. The van der Waals surface area contributed by atoms with Crippen LogP contribution in [0.4, 0.5) is 0 Å². The van der Waals surface area contributed by atoms with Gasteiger partial charge in [0.1, 0.15) is 0 Å².